The van der Waals surface area contributed by atoms with E-state index in [0.29, 0.717) is 0 Å². The van der Waals surface area contributed by atoms with Crippen LogP contribution in [0.4, 0.5) is 4.39 Å². The Morgan fingerprint density at radius 1 is 1.50 bits per heavy atom. The topological polar surface area (TPSA) is 34.0 Å². The molecule has 0 radical (unpaired) electrons. The van der Waals surface area contributed by atoms with Gasteiger partial charge in [0.1, 0.15) is 5.82 Å². The molecule has 0 aromatic carbocycles. The van der Waals surface area contributed by atoms with E-state index in [-0.39, 0.29) is 17.4 Å². The number of nitrogens with one attached hydrogen (secondary N) is 1. The highest BCUT2D eigenvalue weighted by molar-refractivity contribution is 5.00. The van der Waals surface area contributed by atoms with E-state index in [4.69, 9.17) is 0 Å². The summed E-state index contributed by atoms with van der Waals surface area (Å²) in [7, 11) is 0. The van der Waals surface area contributed by atoms with Crippen LogP contribution in [0.25, 0.3) is 0 Å². The number of hydrogen-bond donors (Lipinski definition) is 1. The van der Waals surface area contributed by atoms with Crippen molar-refractivity contribution in [3.05, 3.63) is 34.5 Å². The van der Waals surface area contributed by atoms with Crippen LogP contribution >= 0.6 is 0 Å². The average Bonchev–Trinajstić information content (AvgIpc) is 1.93. The second kappa shape index (κ2) is 2.71. The van der Waals surface area contributed by atoms with Gasteiger partial charge >= 0.3 is 0 Å². The molecule has 2 heterocycles. The standard InChI is InChI=1S/C8H9FN2O/c9-6-1-2-8(12)11(5-6)7-3-10-4-7/h1-2,5,7,10H,3-4H2. The third kappa shape index (κ3) is 1.14. The Labute approximate surface area is 68.8 Å². The molecule has 0 amide bonds. The van der Waals surface area contributed by atoms with Crippen molar-refractivity contribution in [2.45, 2.75) is 6.04 Å². The van der Waals surface area contributed by atoms with Gasteiger partial charge in [-0.05, 0) is 6.07 Å². The molecule has 4 heteroatoms. The Balaban J connectivity index is 2.40. The van der Waals surface area contributed by atoms with Crippen LogP contribution in [0.2, 0.25) is 0 Å². The maximum absolute atomic E-state index is 12.7. The molecule has 0 spiro atoms. The number of rotatable bonds is 1. The largest absolute Gasteiger partial charge is 0.313 e. The van der Waals surface area contributed by atoms with Crippen LogP contribution in [0, 0.1) is 5.82 Å². The molecule has 0 unspecified atom stereocenters. The first-order valence-corrected chi connectivity index (χ1v) is 3.86. The molecular weight excluding hydrogens is 159 g/mol. The zero-order valence-electron chi connectivity index (χ0n) is 6.46. The lowest BCUT2D eigenvalue weighted by atomic mass is 10.2. The summed E-state index contributed by atoms with van der Waals surface area (Å²) in [6, 6.07) is 2.58. The van der Waals surface area contributed by atoms with Crippen LogP contribution in [-0.4, -0.2) is 17.7 Å². The summed E-state index contributed by atoms with van der Waals surface area (Å²) >= 11 is 0. The zero-order chi connectivity index (χ0) is 8.55. The quantitative estimate of drug-likeness (QED) is 0.646. The number of pyridine rings is 1. The van der Waals surface area contributed by atoms with Crippen molar-refractivity contribution in [3.63, 3.8) is 0 Å². The Hall–Kier alpha value is -1.16. The first kappa shape index (κ1) is 7.49. The minimum atomic E-state index is -0.360. The maximum atomic E-state index is 12.7. The summed E-state index contributed by atoms with van der Waals surface area (Å²) in [5.41, 5.74) is -0.136. The van der Waals surface area contributed by atoms with Crippen molar-refractivity contribution in [2.24, 2.45) is 0 Å². The number of aromatic nitrogens is 1. The van der Waals surface area contributed by atoms with E-state index in [9.17, 15) is 9.18 Å². The fraction of sp³-hybridized carbons (Fsp3) is 0.375. The van der Waals surface area contributed by atoms with Crippen molar-refractivity contribution in [2.75, 3.05) is 13.1 Å². The van der Waals surface area contributed by atoms with Gasteiger partial charge < -0.3 is 9.88 Å². The first-order chi connectivity index (χ1) is 5.77. The second-order valence-corrected chi connectivity index (χ2v) is 2.90. The van der Waals surface area contributed by atoms with Gasteiger partial charge in [0, 0.05) is 25.4 Å². The van der Waals surface area contributed by atoms with Gasteiger partial charge in [-0.2, -0.15) is 0 Å². The molecule has 12 heavy (non-hydrogen) atoms. The Kier molecular flexibility index (Phi) is 1.69. The molecular formula is C8H9FN2O. The molecule has 0 aliphatic carbocycles. The van der Waals surface area contributed by atoms with Gasteiger partial charge in [-0.3, -0.25) is 4.79 Å². The highest BCUT2D eigenvalue weighted by Gasteiger charge is 2.19. The highest BCUT2D eigenvalue weighted by Crippen LogP contribution is 2.08. The van der Waals surface area contributed by atoms with E-state index in [0.717, 1.165) is 13.1 Å². The molecule has 0 saturated carbocycles. The third-order valence-corrected chi connectivity index (χ3v) is 2.06. The van der Waals surface area contributed by atoms with Gasteiger partial charge in [0.05, 0.1) is 6.04 Å². The van der Waals surface area contributed by atoms with Crippen molar-refractivity contribution in [3.8, 4) is 0 Å². The number of halogens is 1. The normalized spacial score (nSPS) is 17.4. The highest BCUT2D eigenvalue weighted by atomic mass is 19.1. The number of hydrogen-bond acceptors (Lipinski definition) is 2. The summed E-state index contributed by atoms with van der Waals surface area (Å²) < 4.78 is 14.1. The lowest BCUT2D eigenvalue weighted by molar-refractivity contribution is 0.331. The lowest BCUT2D eigenvalue weighted by Gasteiger charge is -2.28. The third-order valence-electron chi connectivity index (χ3n) is 2.06. The molecule has 1 aliphatic heterocycles. The van der Waals surface area contributed by atoms with Crippen LogP contribution in [-0.2, 0) is 0 Å². The Morgan fingerprint density at radius 2 is 2.25 bits per heavy atom. The monoisotopic (exact) mass is 168 g/mol. The SMILES string of the molecule is O=c1ccc(F)cn1C1CNC1. The van der Waals surface area contributed by atoms with E-state index in [2.05, 4.69) is 5.32 Å². The van der Waals surface area contributed by atoms with E-state index in [1.807, 2.05) is 0 Å². The van der Waals surface area contributed by atoms with Crippen molar-refractivity contribution in [1.82, 2.24) is 9.88 Å². The predicted octanol–water partition coefficient (Wildman–Crippen LogP) is 0.132. The van der Waals surface area contributed by atoms with Gasteiger partial charge in [-0.25, -0.2) is 4.39 Å². The predicted molar refractivity (Wildman–Crippen MR) is 42.6 cm³/mol. The summed E-state index contributed by atoms with van der Waals surface area (Å²) in [5.74, 6) is -0.360. The van der Waals surface area contributed by atoms with Crippen LogP contribution in [0.15, 0.2) is 23.1 Å². The van der Waals surface area contributed by atoms with E-state index in [1.165, 1.54) is 22.9 Å². The smallest absolute Gasteiger partial charge is 0.251 e. The molecule has 1 fully saturated rings. The van der Waals surface area contributed by atoms with Gasteiger partial charge in [0.2, 0.25) is 0 Å². The Bertz CT molecular complexity index is 343. The Morgan fingerprint density at radius 3 is 2.83 bits per heavy atom. The molecule has 64 valence electrons. The molecule has 0 atom stereocenters. The van der Waals surface area contributed by atoms with Crippen molar-refractivity contribution >= 4 is 0 Å². The molecule has 0 bridgehead atoms. The lowest BCUT2D eigenvalue weighted by Crippen LogP contribution is -2.46. The van der Waals surface area contributed by atoms with Crippen LogP contribution in [0.1, 0.15) is 6.04 Å². The number of nitrogens with zero attached hydrogens (tertiary/aromatic N) is 1. The summed E-state index contributed by atoms with van der Waals surface area (Å²) in [4.78, 5) is 11.2. The van der Waals surface area contributed by atoms with Gasteiger partial charge in [-0.15, -0.1) is 0 Å². The molecule has 3 nitrogen and oxygen atoms in total. The average molecular weight is 168 g/mol. The minimum absolute atomic E-state index is 0.133. The summed E-state index contributed by atoms with van der Waals surface area (Å²) in [6.07, 6.45) is 1.26. The minimum Gasteiger partial charge on any atom is -0.313 e. The van der Waals surface area contributed by atoms with E-state index < -0.39 is 0 Å². The van der Waals surface area contributed by atoms with Gasteiger partial charge in [-0.1, -0.05) is 0 Å². The summed E-state index contributed by atoms with van der Waals surface area (Å²) in [6.45, 7) is 1.51. The fourth-order valence-corrected chi connectivity index (χ4v) is 1.23. The molecule has 1 aromatic heterocycles. The zero-order valence-corrected chi connectivity index (χ0v) is 6.46. The van der Waals surface area contributed by atoms with Crippen LogP contribution in [0.3, 0.4) is 0 Å². The molecule has 1 aliphatic rings. The second-order valence-electron chi connectivity index (χ2n) is 2.90. The molecule has 1 N–H and O–H groups in total. The van der Waals surface area contributed by atoms with E-state index in [1.54, 1.807) is 0 Å². The van der Waals surface area contributed by atoms with Crippen molar-refractivity contribution < 1.29 is 4.39 Å². The van der Waals surface area contributed by atoms with Crippen LogP contribution in [0.5, 0.6) is 0 Å². The first-order valence-electron chi connectivity index (χ1n) is 3.86. The summed E-state index contributed by atoms with van der Waals surface area (Å²) in [5, 5.41) is 3.02. The van der Waals surface area contributed by atoms with Gasteiger partial charge in [0.15, 0.2) is 0 Å². The van der Waals surface area contributed by atoms with Gasteiger partial charge in [0.25, 0.3) is 5.56 Å². The van der Waals surface area contributed by atoms with Crippen LogP contribution < -0.4 is 10.9 Å². The molecule has 1 saturated heterocycles. The van der Waals surface area contributed by atoms with Crippen molar-refractivity contribution in [1.29, 1.82) is 0 Å². The molecule has 1 aromatic rings. The fourth-order valence-electron chi connectivity index (χ4n) is 1.23. The maximum Gasteiger partial charge on any atom is 0.251 e. The molecule has 2 rings (SSSR count). The van der Waals surface area contributed by atoms with E-state index >= 15 is 0 Å².